The summed E-state index contributed by atoms with van der Waals surface area (Å²) in [7, 11) is 0. The Balaban J connectivity index is 1.94. The van der Waals surface area contributed by atoms with Gasteiger partial charge in [0.15, 0.2) is 0 Å². The van der Waals surface area contributed by atoms with Crippen LogP contribution in [0.1, 0.15) is 11.1 Å². The van der Waals surface area contributed by atoms with Crippen LogP contribution >= 0.6 is 0 Å². The monoisotopic (exact) mass is 340 g/mol. The molecule has 4 aromatic rings. The van der Waals surface area contributed by atoms with Gasteiger partial charge in [0.2, 0.25) is 0 Å². The first-order valence-electron chi connectivity index (χ1n) is 8.66. The van der Waals surface area contributed by atoms with Crippen LogP contribution < -0.4 is 10.8 Å². The van der Waals surface area contributed by atoms with Gasteiger partial charge in [0.1, 0.15) is 11.3 Å². The van der Waals surface area contributed by atoms with Crippen LogP contribution in [0.4, 0.5) is 5.69 Å². The van der Waals surface area contributed by atoms with Crippen molar-refractivity contribution in [2.45, 2.75) is 13.8 Å². The van der Waals surface area contributed by atoms with Gasteiger partial charge in [0.25, 0.3) is 0 Å². The van der Waals surface area contributed by atoms with Crippen LogP contribution in [0.2, 0.25) is 0 Å². The van der Waals surface area contributed by atoms with Crippen LogP contribution in [0.3, 0.4) is 0 Å². The number of para-hydroxylation sites is 1. The van der Waals surface area contributed by atoms with E-state index in [-0.39, 0.29) is 0 Å². The smallest absolute Gasteiger partial charge is 0.137 e. The molecule has 3 heteroatoms. The van der Waals surface area contributed by atoms with Gasteiger partial charge in [-0.1, -0.05) is 54.6 Å². The Labute approximate surface area is 152 Å². The molecule has 1 N–H and O–H groups in total. The zero-order chi connectivity index (χ0) is 17.9. The quantitative estimate of drug-likeness (QED) is 0.490. The lowest BCUT2D eigenvalue weighted by Gasteiger charge is -2.08. The largest absolute Gasteiger partial charge is 0.456 e. The second kappa shape index (κ2) is 6.89. The zero-order valence-corrected chi connectivity index (χ0v) is 14.9. The molecule has 0 aliphatic rings. The number of fused-ring (bicyclic) bond motifs is 1. The third kappa shape index (κ3) is 3.24. The summed E-state index contributed by atoms with van der Waals surface area (Å²) in [5, 5.41) is 6.56. The highest BCUT2D eigenvalue weighted by Gasteiger charge is 2.09. The number of aryl methyl sites for hydroxylation is 2. The molecule has 0 saturated carbocycles. The van der Waals surface area contributed by atoms with E-state index in [0.717, 1.165) is 38.9 Å². The summed E-state index contributed by atoms with van der Waals surface area (Å²) in [5.41, 5.74) is 8.31. The maximum atomic E-state index is 6.21. The summed E-state index contributed by atoms with van der Waals surface area (Å²) >= 11 is 0. The Morgan fingerprint density at radius 3 is 2.23 bits per heavy atom. The molecule has 0 fully saturated rings. The number of nitrogens with one attached hydrogen (secondary N) is 1. The average Bonchev–Trinajstić information content (AvgIpc) is 2.67. The summed E-state index contributed by atoms with van der Waals surface area (Å²) in [4.78, 5) is 0. The first-order valence-corrected chi connectivity index (χ1v) is 8.66. The fraction of sp³-hybridized carbons (Fsp3) is 0.0870. The van der Waals surface area contributed by atoms with Crippen molar-refractivity contribution in [3.05, 3.63) is 95.3 Å². The van der Waals surface area contributed by atoms with Crippen molar-refractivity contribution in [2.24, 2.45) is 5.10 Å². The molecule has 26 heavy (non-hydrogen) atoms. The van der Waals surface area contributed by atoms with Crippen molar-refractivity contribution in [3.8, 4) is 11.3 Å². The minimum atomic E-state index is 0.803. The predicted molar refractivity (Wildman–Crippen MR) is 107 cm³/mol. The molecule has 0 atom stereocenters. The highest BCUT2D eigenvalue weighted by molar-refractivity contribution is 5.82. The van der Waals surface area contributed by atoms with Gasteiger partial charge in [0.05, 0.1) is 11.0 Å². The van der Waals surface area contributed by atoms with Crippen LogP contribution in [-0.4, -0.2) is 0 Å². The van der Waals surface area contributed by atoms with Crippen molar-refractivity contribution in [3.63, 3.8) is 0 Å². The maximum absolute atomic E-state index is 6.21. The summed E-state index contributed by atoms with van der Waals surface area (Å²) in [6.45, 7) is 4.17. The normalized spacial score (nSPS) is 11.7. The number of rotatable bonds is 3. The fourth-order valence-electron chi connectivity index (χ4n) is 3.15. The molecule has 0 spiro atoms. The van der Waals surface area contributed by atoms with Crippen molar-refractivity contribution < 1.29 is 4.42 Å². The summed E-state index contributed by atoms with van der Waals surface area (Å²) in [6, 6.07) is 26.3. The second-order valence-corrected chi connectivity index (χ2v) is 6.41. The SMILES string of the molecule is Cc1cc(C)c2/c(=N\Nc3ccccc3)cc(-c3ccccc3)oc2c1. The lowest BCUT2D eigenvalue weighted by atomic mass is 10.1. The van der Waals surface area contributed by atoms with E-state index in [1.165, 1.54) is 5.56 Å². The fourth-order valence-corrected chi connectivity index (χ4v) is 3.15. The van der Waals surface area contributed by atoms with Crippen LogP contribution in [0.25, 0.3) is 22.3 Å². The third-order valence-electron chi connectivity index (χ3n) is 4.33. The van der Waals surface area contributed by atoms with Crippen LogP contribution in [0.15, 0.2) is 88.4 Å². The van der Waals surface area contributed by atoms with E-state index in [1.807, 2.05) is 66.7 Å². The molecule has 0 amide bonds. The van der Waals surface area contributed by atoms with Gasteiger partial charge in [-0.15, -0.1) is 0 Å². The van der Waals surface area contributed by atoms with E-state index in [1.54, 1.807) is 0 Å². The number of nitrogens with zero attached hydrogens (tertiary/aromatic N) is 1. The molecule has 0 radical (unpaired) electrons. The Morgan fingerprint density at radius 1 is 0.808 bits per heavy atom. The van der Waals surface area contributed by atoms with Crippen molar-refractivity contribution >= 4 is 16.7 Å². The van der Waals surface area contributed by atoms with Gasteiger partial charge in [-0.2, -0.15) is 5.10 Å². The molecular weight excluding hydrogens is 320 g/mol. The molecule has 128 valence electrons. The maximum Gasteiger partial charge on any atom is 0.137 e. The second-order valence-electron chi connectivity index (χ2n) is 6.41. The molecule has 3 nitrogen and oxygen atoms in total. The number of anilines is 1. The zero-order valence-electron chi connectivity index (χ0n) is 14.9. The topological polar surface area (TPSA) is 37.5 Å². The molecule has 1 heterocycles. The minimum Gasteiger partial charge on any atom is -0.456 e. The third-order valence-corrected chi connectivity index (χ3v) is 4.33. The number of benzene rings is 3. The Morgan fingerprint density at radius 2 is 1.50 bits per heavy atom. The Bertz CT molecular complexity index is 1110. The standard InChI is InChI=1S/C23H20N2O/c1-16-13-17(2)23-20(25-24-19-11-7-4-8-12-19)15-21(26-22(23)14-16)18-9-5-3-6-10-18/h3-15,24H,1-2H3/b25-20-. The van der Waals surface area contributed by atoms with Crippen LogP contribution in [0.5, 0.6) is 0 Å². The molecule has 1 aromatic heterocycles. The first kappa shape index (κ1) is 16.2. The lowest BCUT2D eigenvalue weighted by molar-refractivity contribution is 0.617. The molecule has 0 aliphatic carbocycles. The predicted octanol–water partition coefficient (Wildman–Crippen LogP) is 5.64. The molecule has 0 bridgehead atoms. The molecule has 0 unspecified atom stereocenters. The average molecular weight is 340 g/mol. The van der Waals surface area contributed by atoms with E-state index >= 15 is 0 Å². The highest BCUT2D eigenvalue weighted by Crippen LogP contribution is 2.24. The molecular formula is C23H20N2O. The molecule has 0 aliphatic heterocycles. The Hall–Kier alpha value is -3.33. The van der Waals surface area contributed by atoms with E-state index < -0.39 is 0 Å². The highest BCUT2D eigenvalue weighted by atomic mass is 16.3. The molecule has 0 saturated heterocycles. The van der Waals surface area contributed by atoms with Crippen molar-refractivity contribution in [1.82, 2.24) is 0 Å². The van der Waals surface area contributed by atoms with E-state index in [9.17, 15) is 0 Å². The van der Waals surface area contributed by atoms with Crippen molar-refractivity contribution in [1.29, 1.82) is 0 Å². The van der Waals surface area contributed by atoms with Gasteiger partial charge >= 0.3 is 0 Å². The van der Waals surface area contributed by atoms with E-state index in [4.69, 9.17) is 4.42 Å². The summed E-state index contributed by atoms with van der Waals surface area (Å²) in [6.07, 6.45) is 0. The van der Waals surface area contributed by atoms with Gasteiger partial charge in [0, 0.05) is 17.0 Å². The summed E-state index contributed by atoms with van der Waals surface area (Å²) < 4.78 is 6.21. The van der Waals surface area contributed by atoms with E-state index in [0.29, 0.717) is 0 Å². The van der Waals surface area contributed by atoms with Crippen LogP contribution in [-0.2, 0) is 0 Å². The van der Waals surface area contributed by atoms with Crippen LogP contribution in [0, 0.1) is 13.8 Å². The van der Waals surface area contributed by atoms with E-state index in [2.05, 4.69) is 36.5 Å². The Kier molecular flexibility index (Phi) is 4.28. The molecule has 3 aromatic carbocycles. The van der Waals surface area contributed by atoms with Gasteiger partial charge in [-0.05, 0) is 43.2 Å². The number of hydrogen-bond donors (Lipinski definition) is 1. The lowest BCUT2D eigenvalue weighted by Crippen LogP contribution is -2.09. The van der Waals surface area contributed by atoms with Crippen molar-refractivity contribution in [2.75, 3.05) is 5.43 Å². The summed E-state index contributed by atoms with van der Waals surface area (Å²) in [5.74, 6) is 0.803. The molecule has 4 rings (SSSR count). The van der Waals surface area contributed by atoms with Gasteiger partial charge in [-0.3, -0.25) is 5.43 Å². The minimum absolute atomic E-state index is 0.803. The number of hydrogen-bond acceptors (Lipinski definition) is 3. The van der Waals surface area contributed by atoms with Gasteiger partial charge in [-0.25, -0.2) is 0 Å². The first-order chi connectivity index (χ1) is 12.7. The van der Waals surface area contributed by atoms with Gasteiger partial charge < -0.3 is 4.42 Å².